The van der Waals surface area contributed by atoms with E-state index >= 15 is 0 Å². The second-order valence-electron chi connectivity index (χ2n) is 5.36. The Balaban J connectivity index is 2.26. The molecule has 0 spiro atoms. The molecule has 88 valence electrons. The predicted molar refractivity (Wildman–Crippen MR) is 66.7 cm³/mol. The summed E-state index contributed by atoms with van der Waals surface area (Å²) in [4.78, 5) is 0. The van der Waals surface area contributed by atoms with Gasteiger partial charge in [-0.2, -0.15) is 0 Å². The molecule has 0 bridgehead atoms. The van der Waals surface area contributed by atoms with E-state index in [1.54, 1.807) is 0 Å². The summed E-state index contributed by atoms with van der Waals surface area (Å²) in [6.07, 6.45) is 0.184. The fourth-order valence-corrected chi connectivity index (χ4v) is 2.25. The van der Waals surface area contributed by atoms with Crippen LogP contribution in [0.25, 0.3) is 0 Å². The number of nitrogens with one attached hydrogen (secondary N) is 1. The number of aryl methyl sites for hydroxylation is 2. The Hall–Kier alpha value is -0.860. The van der Waals surface area contributed by atoms with Crippen LogP contribution in [0.2, 0.25) is 0 Å². The van der Waals surface area contributed by atoms with E-state index in [9.17, 15) is 0 Å². The minimum atomic E-state index is -0.0703. The van der Waals surface area contributed by atoms with Crippen molar-refractivity contribution < 1.29 is 4.74 Å². The molecular weight excluding hydrogens is 198 g/mol. The summed E-state index contributed by atoms with van der Waals surface area (Å²) in [5.41, 5.74) is 3.86. The average molecular weight is 219 g/mol. The van der Waals surface area contributed by atoms with E-state index in [1.165, 1.54) is 16.7 Å². The van der Waals surface area contributed by atoms with Crippen LogP contribution in [0.4, 0.5) is 0 Å². The van der Waals surface area contributed by atoms with E-state index in [0.29, 0.717) is 0 Å². The van der Waals surface area contributed by atoms with Gasteiger partial charge in [-0.05, 0) is 38.8 Å². The van der Waals surface area contributed by atoms with Crippen LogP contribution in [0.3, 0.4) is 0 Å². The molecule has 1 fully saturated rings. The van der Waals surface area contributed by atoms with Crippen molar-refractivity contribution in [2.24, 2.45) is 0 Å². The fourth-order valence-electron chi connectivity index (χ4n) is 2.25. The lowest BCUT2D eigenvalue weighted by atomic mass is 9.97. The van der Waals surface area contributed by atoms with Gasteiger partial charge in [-0.25, -0.2) is 0 Å². The Morgan fingerprint density at radius 3 is 2.75 bits per heavy atom. The normalized spacial score (nSPS) is 24.4. The highest BCUT2D eigenvalue weighted by atomic mass is 16.5. The Kier molecular flexibility index (Phi) is 3.04. The largest absolute Gasteiger partial charge is 0.365 e. The number of morpholine rings is 1. The number of benzene rings is 1. The maximum Gasteiger partial charge on any atom is 0.0959 e. The molecule has 16 heavy (non-hydrogen) atoms. The Labute approximate surface area is 98.0 Å². The summed E-state index contributed by atoms with van der Waals surface area (Å²) in [5, 5.41) is 3.45. The Morgan fingerprint density at radius 2 is 2.06 bits per heavy atom. The summed E-state index contributed by atoms with van der Waals surface area (Å²) in [5.74, 6) is 0. The third-order valence-corrected chi connectivity index (χ3v) is 3.12. The lowest BCUT2D eigenvalue weighted by Gasteiger charge is -2.37. The fraction of sp³-hybridized carbons (Fsp3) is 0.571. The van der Waals surface area contributed by atoms with Crippen LogP contribution >= 0.6 is 0 Å². The molecule has 2 heteroatoms. The third-order valence-electron chi connectivity index (χ3n) is 3.12. The number of hydrogen-bond donors (Lipinski definition) is 1. The van der Waals surface area contributed by atoms with Crippen molar-refractivity contribution in [3.05, 3.63) is 34.9 Å². The van der Waals surface area contributed by atoms with Gasteiger partial charge in [0.1, 0.15) is 0 Å². The van der Waals surface area contributed by atoms with Gasteiger partial charge in [0, 0.05) is 13.1 Å². The van der Waals surface area contributed by atoms with Gasteiger partial charge in [0.25, 0.3) is 0 Å². The number of hydrogen-bond acceptors (Lipinski definition) is 2. The summed E-state index contributed by atoms with van der Waals surface area (Å²) in [7, 11) is 0. The highest BCUT2D eigenvalue weighted by Gasteiger charge is 2.29. The van der Waals surface area contributed by atoms with Gasteiger partial charge < -0.3 is 10.1 Å². The smallest absolute Gasteiger partial charge is 0.0959 e. The highest BCUT2D eigenvalue weighted by Crippen LogP contribution is 2.29. The topological polar surface area (TPSA) is 21.3 Å². The van der Waals surface area contributed by atoms with Crippen LogP contribution in [0, 0.1) is 13.8 Å². The van der Waals surface area contributed by atoms with E-state index in [0.717, 1.165) is 13.1 Å². The molecule has 1 N–H and O–H groups in total. The molecule has 1 heterocycles. The summed E-state index contributed by atoms with van der Waals surface area (Å²) < 4.78 is 6.13. The summed E-state index contributed by atoms with van der Waals surface area (Å²) in [6.45, 7) is 10.4. The molecule has 0 aromatic heterocycles. The first-order valence-electron chi connectivity index (χ1n) is 5.94. The molecule has 0 aliphatic carbocycles. The maximum absolute atomic E-state index is 6.13. The Morgan fingerprint density at radius 1 is 1.31 bits per heavy atom. The molecule has 1 atom stereocenters. The van der Waals surface area contributed by atoms with E-state index in [4.69, 9.17) is 4.74 Å². The molecule has 1 saturated heterocycles. The van der Waals surface area contributed by atoms with Crippen LogP contribution < -0.4 is 5.32 Å². The van der Waals surface area contributed by atoms with Gasteiger partial charge in [0.05, 0.1) is 11.7 Å². The Bertz CT molecular complexity index is 384. The van der Waals surface area contributed by atoms with Crippen LogP contribution in [0.5, 0.6) is 0 Å². The van der Waals surface area contributed by atoms with Crippen molar-refractivity contribution in [2.45, 2.75) is 39.4 Å². The van der Waals surface area contributed by atoms with Crippen LogP contribution in [0.15, 0.2) is 18.2 Å². The van der Waals surface area contributed by atoms with Gasteiger partial charge in [-0.1, -0.05) is 23.8 Å². The second kappa shape index (κ2) is 4.19. The molecule has 2 rings (SSSR count). The van der Waals surface area contributed by atoms with Crippen molar-refractivity contribution >= 4 is 0 Å². The van der Waals surface area contributed by atoms with Crippen LogP contribution in [0.1, 0.15) is 36.6 Å². The minimum absolute atomic E-state index is 0.0703. The zero-order valence-corrected chi connectivity index (χ0v) is 10.6. The maximum atomic E-state index is 6.13. The van der Waals surface area contributed by atoms with Crippen LogP contribution in [-0.4, -0.2) is 18.7 Å². The zero-order chi connectivity index (χ0) is 11.8. The van der Waals surface area contributed by atoms with Gasteiger partial charge >= 0.3 is 0 Å². The van der Waals surface area contributed by atoms with Gasteiger partial charge in [-0.15, -0.1) is 0 Å². The SMILES string of the molecule is Cc1ccc(C)c(C2CNCC(C)(C)O2)c1. The number of rotatable bonds is 1. The first-order chi connectivity index (χ1) is 7.48. The van der Waals surface area contributed by atoms with Crippen molar-refractivity contribution in [3.8, 4) is 0 Å². The molecule has 1 unspecified atom stereocenters. The van der Waals surface area contributed by atoms with E-state index in [-0.39, 0.29) is 11.7 Å². The highest BCUT2D eigenvalue weighted by molar-refractivity contribution is 5.32. The van der Waals surface area contributed by atoms with Crippen molar-refractivity contribution in [2.75, 3.05) is 13.1 Å². The molecule has 0 saturated carbocycles. The first kappa shape index (κ1) is 11.6. The summed E-state index contributed by atoms with van der Waals surface area (Å²) >= 11 is 0. The molecule has 0 amide bonds. The lowest BCUT2D eigenvalue weighted by molar-refractivity contribution is -0.0961. The van der Waals surface area contributed by atoms with Gasteiger partial charge in [-0.3, -0.25) is 0 Å². The van der Waals surface area contributed by atoms with Crippen molar-refractivity contribution in [1.82, 2.24) is 5.32 Å². The van der Waals surface area contributed by atoms with E-state index < -0.39 is 0 Å². The third kappa shape index (κ3) is 2.45. The van der Waals surface area contributed by atoms with Crippen LogP contribution in [-0.2, 0) is 4.74 Å². The summed E-state index contributed by atoms with van der Waals surface area (Å²) in [6, 6.07) is 6.57. The zero-order valence-electron chi connectivity index (χ0n) is 10.6. The standard InChI is InChI=1S/C14H21NO/c1-10-5-6-11(2)12(7-10)13-8-15-9-14(3,4)16-13/h5-7,13,15H,8-9H2,1-4H3. The first-order valence-corrected chi connectivity index (χ1v) is 5.94. The molecule has 1 aromatic rings. The van der Waals surface area contributed by atoms with Crippen molar-refractivity contribution in [1.29, 1.82) is 0 Å². The quantitative estimate of drug-likeness (QED) is 0.784. The second-order valence-corrected chi connectivity index (χ2v) is 5.36. The van der Waals surface area contributed by atoms with E-state index in [2.05, 4.69) is 51.2 Å². The molecule has 2 nitrogen and oxygen atoms in total. The number of ether oxygens (including phenoxy) is 1. The molecule has 1 aromatic carbocycles. The van der Waals surface area contributed by atoms with Gasteiger partial charge in [0.15, 0.2) is 0 Å². The average Bonchev–Trinajstić information content (AvgIpc) is 2.20. The minimum Gasteiger partial charge on any atom is -0.365 e. The van der Waals surface area contributed by atoms with E-state index in [1.807, 2.05) is 0 Å². The predicted octanol–water partition coefficient (Wildman–Crippen LogP) is 2.74. The monoisotopic (exact) mass is 219 g/mol. The van der Waals surface area contributed by atoms with Gasteiger partial charge in [0.2, 0.25) is 0 Å². The molecule has 1 aliphatic rings. The lowest BCUT2D eigenvalue weighted by Crippen LogP contribution is -2.47. The molecule has 0 radical (unpaired) electrons. The molecule has 1 aliphatic heterocycles. The molecular formula is C14H21NO. The van der Waals surface area contributed by atoms with Crippen molar-refractivity contribution in [3.63, 3.8) is 0 Å².